The van der Waals surface area contributed by atoms with Gasteiger partial charge >= 0.3 is 0 Å². The summed E-state index contributed by atoms with van der Waals surface area (Å²) in [6, 6.07) is 5.18. The molecule has 0 aliphatic carbocycles. The zero-order valence-corrected chi connectivity index (χ0v) is 12.5. The maximum Gasteiger partial charge on any atom is 0.271 e. The summed E-state index contributed by atoms with van der Waals surface area (Å²) in [5, 5.41) is 14.3. The van der Waals surface area contributed by atoms with Gasteiger partial charge < -0.3 is 10.2 Å². The number of piperidine rings is 1. The van der Waals surface area contributed by atoms with E-state index in [4.69, 9.17) is 0 Å². The molecule has 1 aliphatic rings. The molecule has 0 unspecified atom stereocenters. The molecule has 0 atom stereocenters. The summed E-state index contributed by atoms with van der Waals surface area (Å²) in [5.74, 6) is 0. The Morgan fingerprint density at radius 2 is 2.00 bits per heavy atom. The number of nitro benzene ring substituents is 1. The van der Waals surface area contributed by atoms with Crippen LogP contribution in [0.3, 0.4) is 0 Å². The number of non-ortho nitro benzene ring substituents is 1. The van der Waals surface area contributed by atoms with E-state index in [2.05, 4.69) is 24.2 Å². The van der Waals surface area contributed by atoms with E-state index in [1.165, 1.54) is 0 Å². The molecular weight excluding hydrogens is 254 g/mol. The first-order chi connectivity index (χ1) is 9.38. The molecule has 5 heteroatoms. The molecular formula is C15H23N3O2. The Morgan fingerprint density at radius 3 is 2.60 bits per heavy atom. The fourth-order valence-corrected chi connectivity index (χ4v) is 2.62. The van der Waals surface area contributed by atoms with E-state index < -0.39 is 0 Å². The van der Waals surface area contributed by atoms with Gasteiger partial charge in [-0.1, -0.05) is 6.92 Å². The second-order valence-electron chi connectivity index (χ2n) is 6.28. The molecule has 0 spiro atoms. The van der Waals surface area contributed by atoms with Gasteiger partial charge in [0, 0.05) is 24.4 Å². The highest BCUT2D eigenvalue weighted by atomic mass is 16.6. The fraction of sp³-hybridized carbons (Fsp3) is 0.600. The molecule has 0 amide bonds. The quantitative estimate of drug-likeness (QED) is 0.679. The Balaban J connectivity index is 2.02. The lowest BCUT2D eigenvalue weighted by atomic mass is 9.80. The van der Waals surface area contributed by atoms with Crippen molar-refractivity contribution in [1.29, 1.82) is 0 Å². The molecule has 20 heavy (non-hydrogen) atoms. The van der Waals surface area contributed by atoms with Crippen LogP contribution in [0.25, 0.3) is 0 Å². The predicted molar refractivity (Wildman–Crippen MR) is 81.2 cm³/mol. The minimum atomic E-state index is -0.338. The van der Waals surface area contributed by atoms with E-state index >= 15 is 0 Å². The van der Waals surface area contributed by atoms with E-state index in [9.17, 15) is 10.1 Å². The zero-order chi connectivity index (χ0) is 14.8. The maximum absolute atomic E-state index is 10.9. The average Bonchev–Trinajstić information content (AvgIpc) is 2.40. The van der Waals surface area contributed by atoms with Crippen LogP contribution in [0.15, 0.2) is 18.2 Å². The van der Waals surface area contributed by atoms with Crippen molar-refractivity contribution in [2.45, 2.75) is 26.7 Å². The number of hydrogen-bond donors (Lipinski definition) is 1. The van der Waals surface area contributed by atoms with E-state index in [-0.39, 0.29) is 16.0 Å². The molecule has 0 aromatic heterocycles. The lowest BCUT2D eigenvalue weighted by molar-refractivity contribution is -0.384. The molecule has 2 rings (SSSR count). The van der Waals surface area contributed by atoms with E-state index in [0.29, 0.717) is 0 Å². The van der Waals surface area contributed by atoms with Crippen molar-refractivity contribution in [2.24, 2.45) is 5.41 Å². The van der Waals surface area contributed by atoms with Gasteiger partial charge in [-0.2, -0.15) is 0 Å². The van der Waals surface area contributed by atoms with Crippen LogP contribution in [0.1, 0.15) is 25.3 Å². The molecule has 1 aliphatic heterocycles. The first-order valence-electron chi connectivity index (χ1n) is 7.06. The van der Waals surface area contributed by atoms with Crippen molar-refractivity contribution >= 4 is 11.4 Å². The predicted octanol–water partition coefficient (Wildman–Crippen LogP) is 3.05. The van der Waals surface area contributed by atoms with Crippen LogP contribution in [-0.4, -0.2) is 36.5 Å². The van der Waals surface area contributed by atoms with Gasteiger partial charge in [-0.25, -0.2) is 0 Å². The van der Waals surface area contributed by atoms with Gasteiger partial charge in [0.15, 0.2) is 0 Å². The fourth-order valence-electron chi connectivity index (χ4n) is 2.62. The van der Waals surface area contributed by atoms with Crippen LogP contribution in [0.5, 0.6) is 0 Å². The third-order valence-electron chi connectivity index (χ3n) is 4.19. The van der Waals surface area contributed by atoms with E-state index in [1.54, 1.807) is 12.1 Å². The number of rotatable bonds is 4. The Bertz CT molecular complexity index is 494. The minimum absolute atomic E-state index is 0.154. The second kappa shape index (κ2) is 5.79. The van der Waals surface area contributed by atoms with Gasteiger partial charge in [0.1, 0.15) is 0 Å². The number of nitro groups is 1. The monoisotopic (exact) mass is 277 g/mol. The Morgan fingerprint density at radius 1 is 1.35 bits per heavy atom. The molecule has 1 heterocycles. The standard InChI is InChI=1S/C15H23N3O2/c1-12-8-13(10-14(9-12)18(19)20)16-11-15(2)4-6-17(3)7-5-15/h8-10,16H,4-7,11H2,1-3H3. The van der Waals surface area contributed by atoms with Crippen molar-refractivity contribution < 1.29 is 4.92 Å². The molecule has 1 aromatic rings. The maximum atomic E-state index is 10.9. The third kappa shape index (κ3) is 3.70. The minimum Gasteiger partial charge on any atom is -0.384 e. The molecule has 5 nitrogen and oxygen atoms in total. The van der Waals surface area contributed by atoms with Crippen LogP contribution in [0.2, 0.25) is 0 Å². The molecule has 1 aromatic carbocycles. The molecule has 1 N–H and O–H groups in total. The Hall–Kier alpha value is -1.62. The number of hydrogen-bond acceptors (Lipinski definition) is 4. The number of benzene rings is 1. The number of aryl methyl sites for hydroxylation is 1. The van der Waals surface area contributed by atoms with E-state index in [0.717, 1.165) is 43.7 Å². The Labute approximate surface area is 120 Å². The van der Waals surface area contributed by atoms with Gasteiger partial charge in [0.2, 0.25) is 0 Å². The summed E-state index contributed by atoms with van der Waals surface area (Å²) in [6.07, 6.45) is 2.31. The highest BCUT2D eigenvalue weighted by molar-refractivity contribution is 5.53. The number of anilines is 1. The van der Waals surface area contributed by atoms with Crippen molar-refractivity contribution in [1.82, 2.24) is 4.90 Å². The highest BCUT2D eigenvalue weighted by Gasteiger charge is 2.28. The molecule has 1 fully saturated rings. The summed E-state index contributed by atoms with van der Waals surface area (Å²) in [5.41, 5.74) is 2.18. The molecule has 110 valence electrons. The summed E-state index contributed by atoms with van der Waals surface area (Å²) in [4.78, 5) is 12.9. The van der Waals surface area contributed by atoms with Gasteiger partial charge in [-0.15, -0.1) is 0 Å². The van der Waals surface area contributed by atoms with Gasteiger partial charge in [0.25, 0.3) is 5.69 Å². The second-order valence-corrected chi connectivity index (χ2v) is 6.28. The third-order valence-corrected chi connectivity index (χ3v) is 4.19. The molecule has 0 saturated carbocycles. The number of nitrogens with one attached hydrogen (secondary N) is 1. The summed E-state index contributed by atoms with van der Waals surface area (Å²) < 4.78 is 0. The van der Waals surface area contributed by atoms with Crippen molar-refractivity contribution in [3.63, 3.8) is 0 Å². The molecule has 1 saturated heterocycles. The average molecular weight is 277 g/mol. The van der Waals surface area contributed by atoms with Crippen molar-refractivity contribution in [2.75, 3.05) is 32.0 Å². The van der Waals surface area contributed by atoms with Crippen LogP contribution in [0.4, 0.5) is 11.4 Å². The molecule has 0 radical (unpaired) electrons. The van der Waals surface area contributed by atoms with Crippen LogP contribution >= 0.6 is 0 Å². The highest BCUT2D eigenvalue weighted by Crippen LogP contribution is 2.31. The van der Waals surface area contributed by atoms with Gasteiger partial charge in [-0.05, 0) is 56.9 Å². The van der Waals surface area contributed by atoms with Crippen molar-refractivity contribution in [3.8, 4) is 0 Å². The smallest absolute Gasteiger partial charge is 0.271 e. The number of nitrogens with zero attached hydrogens (tertiary/aromatic N) is 2. The van der Waals surface area contributed by atoms with Gasteiger partial charge in [0.05, 0.1) is 4.92 Å². The summed E-state index contributed by atoms with van der Waals surface area (Å²) >= 11 is 0. The molecule has 0 bridgehead atoms. The Kier molecular flexibility index (Phi) is 4.28. The summed E-state index contributed by atoms with van der Waals surface area (Å²) in [7, 11) is 2.15. The SMILES string of the molecule is Cc1cc(NCC2(C)CCN(C)CC2)cc([N+](=O)[O-])c1. The van der Waals surface area contributed by atoms with Crippen LogP contribution < -0.4 is 5.32 Å². The summed E-state index contributed by atoms with van der Waals surface area (Å²) in [6.45, 7) is 7.27. The van der Waals surface area contributed by atoms with Gasteiger partial charge in [-0.3, -0.25) is 10.1 Å². The lowest BCUT2D eigenvalue weighted by Gasteiger charge is -2.38. The lowest BCUT2D eigenvalue weighted by Crippen LogP contribution is -2.40. The first kappa shape index (κ1) is 14.8. The zero-order valence-electron chi connectivity index (χ0n) is 12.5. The van der Waals surface area contributed by atoms with Crippen LogP contribution in [0, 0.1) is 22.5 Å². The van der Waals surface area contributed by atoms with Crippen LogP contribution in [-0.2, 0) is 0 Å². The van der Waals surface area contributed by atoms with Crippen molar-refractivity contribution in [3.05, 3.63) is 33.9 Å². The van der Waals surface area contributed by atoms with E-state index in [1.807, 2.05) is 13.0 Å². The topological polar surface area (TPSA) is 58.4 Å². The first-order valence-corrected chi connectivity index (χ1v) is 7.06. The largest absolute Gasteiger partial charge is 0.384 e. The normalized spacial score (nSPS) is 18.8. The number of likely N-dealkylation sites (tertiary alicyclic amines) is 1.